The Hall–Kier alpha value is 0.750. The SMILES string of the molecule is CC(C)(SC(=S)S)C(=O)Cl. The van der Waals surface area contributed by atoms with Gasteiger partial charge >= 0.3 is 0 Å². The lowest BCUT2D eigenvalue weighted by molar-refractivity contribution is -0.113. The molecule has 0 aliphatic rings. The standard InChI is InChI=1S/C5H7ClOS3/c1-5(2,3(6)7)10-4(8)9/h1-2H3,(H,8,9). The first-order valence-corrected chi connectivity index (χ1v) is 4.53. The van der Waals surface area contributed by atoms with Crippen LogP contribution in [0.3, 0.4) is 0 Å². The quantitative estimate of drug-likeness (QED) is 0.433. The summed E-state index contributed by atoms with van der Waals surface area (Å²) >= 11 is 15.0. The Kier molecular flexibility index (Phi) is 4.24. The summed E-state index contributed by atoms with van der Waals surface area (Å²) in [5, 5.41) is -0.408. The van der Waals surface area contributed by atoms with Crippen molar-refractivity contribution in [2.45, 2.75) is 18.6 Å². The van der Waals surface area contributed by atoms with Crippen molar-refractivity contribution < 1.29 is 4.79 Å². The molecule has 5 heteroatoms. The Balaban J connectivity index is 4.13. The highest BCUT2D eigenvalue weighted by molar-refractivity contribution is 8.42. The Morgan fingerprint density at radius 3 is 2.20 bits per heavy atom. The van der Waals surface area contributed by atoms with Gasteiger partial charge in [-0.25, -0.2) is 0 Å². The molecular weight excluding hydrogens is 208 g/mol. The van der Waals surface area contributed by atoms with Crippen molar-refractivity contribution in [3.05, 3.63) is 0 Å². The van der Waals surface area contributed by atoms with Crippen LogP contribution in [0, 0.1) is 0 Å². The maximum absolute atomic E-state index is 10.7. The number of carbonyl (C=O) groups excluding carboxylic acids is 1. The molecule has 0 saturated carbocycles. The number of hydrogen-bond donors (Lipinski definition) is 1. The third kappa shape index (κ3) is 3.81. The molecule has 0 N–H and O–H groups in total. The number of hydrogen-bond acceptors (Lipinski definition) is 3. The van der Waals surface area contributed by atoms with Gasteiger partial charge in [-0.05, 0) is 25.4 Å². The lowest BCUT2D eigenvalue weighted by atomic mass is 10.2. The van der Waals surface area contributed by atoms with Gasteiger partial charge in [0.1, 0.15) is 3.53 Å². The van der Waals surface area contributed by atoms with Gasteiger partial charge in [-0.2, -0.15) is 0 Å². The molecule has 0 rings (SSSR count). The molecule has 0 fully saturated rings. The van der Waals surface area contributed by atoms with Gasteiger partial charge < -0.3 is 0 Å². The van der Waals surface area contributed by atoms with E-state index in [1.54, 1.807) is 13.8 Å². The Bertz CT molecular complexity index is 166. The summed E-state index contributed by atoms with van der Waals surface area (Å²) in [6.07, 6.45) is 0. The summed E-state index contributed by atoms with van der Waals surface area (Å²) in [6, 6.07) is 0. The molecule has 0 aliphatic carbocycles. The van der Waals surface area contributed by atoms with Crippen molar-refractivity contribution in [1.82, 2.24) is 0 Å². The highest BCUT2D eigenvalue weighted by atomic mass is 35.5. The maximum Gasteiger partial charge on any atom is 0.237 e. The molecule has 10 heavy (non-hydrogen) atoms. The van der Waals surface area contributed by atoms with Gasteiger partial charge in [-0.1, -0.05) is 24.0 Å². The zero-order valence-corrected chi connectivity index (χ0v) is 8.83. The first-order valence-electron chi connectivity index (χ1n) is 2.48. The van der Waals surface area contributed by atoms with Gasteiger partial charge in [-0.15, -0.1) is 12.6 Å². The molecule has 58 valence electrons. The minimum atomic E-state index is -0.652. The second-order valence-corrected chi connectivity index (χ2v) is 5.85. The summed E-state index contributed by atoms with van der Waals surface area (Å²) in [5.41, 5.74) is 0. The highest BCUT2D eigenvalue weighted by Crippen LogP contribution is 2.29. The predicted molar refractivity (Wildman–Crippen MR) is 54.1 cm³/mol. The molecule has 0 aliphatic heterocycles. The molecule has 0 aromatic heterocycles. The van der Waals surface area contributed by atoms with Gasteiger partial charge in [-0.3, -0.25) is 4.79 Å². The normalized spacial score (nSPS) is 11.2. The summed E-state index contributed by atoms with van der Waals surface area (Å²) in [6.45, 7) is 3.41. The van der Waals surface area contributed by atoms with E-state index in [2.05, 4.69) is 24.8 Å². The summed E-state index contributed by atoms with van der Waals surface area (Å²) in [4.78, 5) is 10.7. The average molecular weight is 215 g/mol. The zero-order chi connectivity index (χ0) is 8.36. The second kappa shape index (κ2) is 3.95. The maximum atomic E-state index is 10.7. The second-order valence-electron chi connectivity index (χ2n) is 2.15. The summed E-state index contributed by atoms with van der Waals surface area (Å²) in [7, 11) is 0. The Morgan fingerprint density at radius 1 is 1.70 bits per heavy atom. The minimum absolute atomic E-state index is 0.408. The van der Waals surface area contributed by atoms with E-state index in [1.165, 1.54) is 11.8 Å². The fourth-order valence-corrected chi connectivity index (χ4v) is 2.20. The van der Waals surface area contributed by atoms with E-state index < -0.39 is 9.99 Å². The van der Waals surface area contributed by atoms with Crippen LogP contribution >= 0.6 is 48.2 Å². The molecule has 0 amide bonds. The van der Waals surface area contributed by atoms with Crippen molar-refractivity contribution >= 4 is 57.0 Å². The Morgan fingerprint density at radius 2 is 2.10 bits per heavy atom. The Labute approximate surface area is 80.3 Å². The first-order chi connectivity index (χ1) is 4.36. The molecule has 0 atom stereocenters. The van der Waals surface area contributed by atoms with Gasteiger partial charge in [0.2, 0.25) is 5.24 Å². The monoisotopic (exact) mass is 214 g/mol. The molecule has 0 spiro atoms. The predicted octanol–water partition coefficient (Wildman–Crippen LogP) is 2.48. The molecule has 0 aromatic carbocycles. The van der Waals surface area contributed by atoms with Crippen molar-refractivity contribution in [3.8, 4) is 0 Å². The summed E-state index contributed by atoms with van der Waals surface area (Å²) in [5.74, 6) is 0. The van der Waals surface area contributed by atoms with E-state index in [1.807, 2.05) is 0 Å². The van der Waals surface area contributed by atoms with E-state index in [9.17, 15) is 4.79 Å². The molecule has 1 nitrogen and oxygen atoms in total. The van der Waals surface area contributed by atoms with Crippen LogP contribution in [-0.2, 0) is 4.79 Å². The fourth-order valence-electron chi connectivity index (χ4n) is 0.258. The van der Waals surface area contributed by atoms with Gasteiger partial charge in [0.05, 0.1) is 4.75 Å². The topological polar surface area (TPSA) is 17.1 Å². The van der Waals surface area contributed by atoms with E-state index in [-0.39, 0.29) is 0 Å². The molecule has 0 radical (unpaired) electrons. The fraction of sp³-hybridized carbons (Fsp3) is 0.600. The largest absolute Gasteiger partial charge is 0.280 e. The van der Waals surface area contributed by atoms with E-state index in [0.29, 0.717) is 3.53 Å². The number of thioether (sulfide) groups is 1. The van der Waals surface area contributed by atoms with Crippen LogP contribution in [0.5, 0.6) is 0 Å². The van der Waals surface area contributed by atoms with E-state index >= 15 is 0 Å². The zero-order valence-electron chi connectivity index (χ0n) is 5.55. The van der Waals surface area contributed by atoms with Crippen LogP contribution in [0.25, 0.3) is 0 Å². The number of thiocarbonyl (C=S) groups is 1. The van der Waals surface area contributed by atoms with Crippen LogP contribution in [-0.4, -0.2) is 13.5 Å². The van der Waals surface area contributed by atoms with Gasteiger partial charge in [0.15, 0.2) is 0 Å². The van der Waals surface area contributed by atoms with Crippen molar-refractivity contribution in [2.24, 2.45) is 0 Å². The van der Waals surface area contributed by atoms with Gasteiger partial charge in [0, 0.05) is 0 Å². The molecular formula is C5H7ClOS3. The number of halogens is 1. The smallest absolute Gasteiger partial charge is 0.237 e. The van der Waals surface area contributed by atoms with Crippen molar-refractivity contribution in [2.75, 3.05) is 0 Å². The molecule has 0 bridgehead atoms. The average Bonchev–Trinajstić information content (AvgIpc) is 1.60. The van der Waals surface area contributed by atoms with Crippen molar-refractivity contribution in [3.63, 3.8) is 0 Å². The lowest BCUT2D eigenvalue weighted by Gasteiger charge is -2.16. The van der Waals surface area contributed by atoms with Crippen LogP contribution < -0.4 is 0 Å². The lowest BCUT2D eigenvalue weighted by Crippen LogP contribution is -2.23. The summed E-state index contributed by atoms with van der Waals surface area (Å²) < 4.78 is -0.223. The number of thiol groups is 1. The number of rotatable bonds is 2. The van der Waals surface area contributed by atoms with Crippen molar-refractivity contribution in [1.29, 1.82) is 0 Å². The molecule has 0 aromatic rings. The number of carbonyl (C=O) groups is 1. The van der Waals surface area contributed by atoms with E-state index in [0.717, 1.165) is 0 Å². The third-order valence-corrected chi connectivity index (χ3v) is 2.79. The van der Waals surface area contributed by atoms with Crippen LogP contribution in [0.4, 0.5) is 0 Å². The third-order valence-electron chi connectivity index (χ3n) is 0.816. The first kappa shape index (κ1) is 10.8. The minimum Gasteiger partial charge on any atom is -0.280 e. The molecule has 0 unspecified atom stereocenters. The molecule has 0 heterocycles. The van der Waals surface area contributed by atoms with Crippen LogP contribution in [0.1, 0.15) is 13.8 Å². The highest BCUT2D eigenvalue weighted by Gasteiger charge is 2.27. The van der Waals surface area contributed by atoms with Gasteiger partial charge in [0.25, 0.3) is 0 Å². The van der Waals surface area contributed by atoms with Crippen LogP contribution in [0.2, 0.25) is 0 Å². The van der Waals surface area contributed by atoms with Crippen LogP contribution in [0.15, 0.2) is 0 Å². The molecule has 0 saturated heterocycles. The van der Waals surface area contributed by atoms with E-state index in [4.69, 9.17) is 11.6 Å².